The highest BCUT2D eigenvalue weighted by Gasteiger charge is 2.34. The summed E-state index contributed by atoms with van der Waals surface area (Å²) in [4.78, 5) is 1.94. The van der Waals surface area contributed by atoms with Gasteiger partial charge in [-0.15, -0.1) is 0 Å². The van der Waals surface area contributed by atoms with Crippen molar-refractivity contribution in [3.8, 4) is 0 Å². The Morgan fingerprint density at radius 1 is 1.38 bits per heavy atom. The van der Waals surface area contributed by atoms with Gasteiger partial charge in [-0.25, -0.2) is 8.78 Å². The Hall–Kier alpha value is -0.220. The molecule has 0 aromatic carbocycles. The van der Waals surface area contributed by atoms with E-state index in [0.29, 0.717) is 6.04 Å². The van der Waals surface area contributed by atoms with Gasteiger partial charge in [-0.1, -0.05) is 27.7 Å². The molecule has 1 rings (SSSR count). The minimum absolute atomic E-state index is 0.0905. The number of halogens is 2. The summed E-state index contributed by atoms with van der Waals surface area (Å²) in [7, 11) is 0. The molecule has 0 saturated carbocycles. The topological polar surface area (TPSA) is 15.3 Å². The van der Waals surface area contributed by atoms with Crippen LogP contribution in [0.25, 0.3) is 0 Å². The zero-order chi connectivity index (χ0) is 12.3. The summed E-state index contributed by atoms with van der Waals surface area (Å²) < 4.78 is 25.0. The molecule has 1 saturated heterocycles. The van der Waals surface area contributed by atoms with E-state index < -0.39 is 6.43 Å². The molecular weight excluding hydrogens is 210 g/mol. The third kappa shape index (κ3) is 3.67. The van der Waals surface area contributed by atoms with E-state index in [4.69, 9.17) is 0 Å². The van der Waals surface area contributed by atoms with Crippen LogP contribution in [0.4, 0.5) is 8.78 Å². The van der Waals surface area contributed by atoms with Crippen molar-refractivity contribution >= 4 is 0 Å². The van der Waals surface area contributed by atoms with E-state index in [-0.39, 0.29) is 18.0 Å². The quantitative estimate of drug-likeness (QED) is 0.806. The molecule has 1 N–H and O–H groups in total. The molecule has 0 aromatic heterocycles. The zero-order valence-corrected chi connectivity index (χ0v) is 10.8. The summed E-state index contributed by atoms with van der Waals surface area (Å²) >= 11 is 0. The highest BCUT2D eigenvalue weighted by molar-refractivity contribution is 4.91. The van der Waals surface area contributed by atoms with Crippen molar-refractivity contribution < 1.29 is 8.78 Å². The molecule has 4 heteroatoms. The molecular formula is C12H24F2N2. The van der Waals surface area contributed by atoms with E-state index >= 15 is 0 Å². The third-order valence-corrected chi connectivity index (χ3v) is 3.42. The van der Waals surface area contributed by atoms with Crippen LogP contribution in [0, 0.1) is 5.41 Å². The summed E-state index contributed by atoms with van der Waals surface area (Å²) in [5.41, 5.74) is 0.124. The Morgan fingerprint density at radius 2 is 2.00 bits per heavy atom. The molecule has 1 fully saturated rings. The molecule has 2 atom stereocenters. The van der Waals surface area contributed by atoms with Crippen molar-refractivity contribution in [2.45, 2.75) is 52.6 Å². The molecule has 0 bridgehead atoms. The van der Waals surface area contributed by atoms with Gasteiger partial charge in [0.25, 0.3) is 6.43 Å². The molecule has 0 radical (unpaired) electrons. The van der Waals surface area contributed by atoms with E-state index in [2.05, 4.69) is 33.0 Å². The van der Waals surface area contributed by atoms with E-state index in [1.165, 1.54) is 0 Å². The number of rotatable bonds is 3. The predicted molar refractivity (Wildman–Crippen MR) is 62.9 cm³/mol. The number of hydrogen-bond donors (Lipinski definition) is 1. The van der Waals surface area contributed by atoms with Gasteiger partial charge in [0.1, 0.15) is 0 Å². The molecule has 0 amide bonds. The average molecular weight is 234 g/mol. The summed E-state index contributed by atoms with van der Waals surface area (Å²) in [6.07, 6.45) is -1.30. The maximum Gasteiger partial charge on any atom is 0.251 e. The molecule has 2 unspecified atom stereocenters. The van der Waals surface area contributed by atoms with Gasteiger partial charge in [-0.3, -0.25) is 4.90 Å². The van der Waals surface area contributed by atoms with Gasteiger partial charge in [-0.2, -0.15) is 0 Å². The second-order valence-corrected chi connectivity index (χ2v) is 5.73. The molecule has 2 nitrogen and oxygen atoms in total. The maximum absolute atomic E-state index is 12.5. The molecule has 0 aromatic rings. The smallest absolute Gasteiger partial charge is 0.251 e. The monoisotopic (exact) mass is 234 g/mol. The number of hydrogen-bond acceptors (Lipinski definition) is 2. The van der Waals surface area contributed by atoms with Gasteiger partial charge in [0.15, 0.2) is 0 Å². The minimum atomic E-state index is -2.23. The number of nitrogens with zero attached hydrogens (tertiary/aromatic N) is 1. The van der Waals surface area contributed by atoms with Crippen LogP contribution in [0.5, 0.6) is 0 Å². The van der Waals surface area contributed by atoms with Gasteiger partial charge in [-0.05, 0) is 11.8 Å². The second kappa shape index (κ2) is 5.41. The van der Waals surface area contributed by atoms with Crippen LogP contribution >= 0.6 is 0 Å². The summed E-state index contributed by atoms with van der Waals surface area (Å²) in [6, 6.07) is 0.557. The minimum Gasteiger partial charge on any atom is -0.311 e. The predicted octanol–water partition coefficient (Wildman–Crippen LogP) is 2.35. The van der Waals surface area contributed by atoms with Gasteiger partial charge >= 0.3 is 0 Å². The van der Waals surface area contributed by atoms with E-state index in [1.54, 1.807) is 0 Å². The van der Waals surface area contributed by atoms with Gasteiger partial charge < -0.3 is 5.32 Å². The molecule has 96 valence electrons. The summed E-state index contributed by atoms with van der Waals surface area (Å²) in [5.74, 6) is 0. The summed E-state index contributed by atoms with van der Waals surface area (Å²) in [6.45, 7) is 9.97. The number of nitrogens with one attached hydrogen (secondary N) is 1. The highest BCUT2D eigenvalue weighted by atomic mass is 19.3. The number of piperazine rings is 1. The van der Waals surface area contributed by atoms with Gasteiger partial charge in [0.2, 0.25) is 0 Å². The first-order valence-electron chi connectivity index (χ1n) is 6.10. The van der Waals surface area contributed by atoms with Crippen LogP contribution in [0.2, 0.25) is 0 Å². The van der Waals surface area contributed by atoms with Crippen LogP contribution < -0.4 is 5.32 Å². The lowest BCUT2D eigenvalue weighted by Gasteiger charge is -2.44. The lowest BCUT2D eigenvalue weighted by molar-refractivity contribution is 0.0250. The first-order valence-corrected chi connectivity index (χ1v) is 6.10. The lowest BCUT2D eigenvalue weighted by Crippen LogP contribution is -2.60. The molecule has 1 heterocycles. The molecule has 1 aliphatic heterocycles. The van der Waals surface area contributed by atoms with Gasteiger partial charge in [0.05, 0.1) is 6.54 Å². The Morgan fingerprint density at radius 3 is 2.44 bits per heavy atom. The first-order chi connectivity index (χ1) is 7.34. The number of alkyl halides is 2. The second-order valence-electron chi connectivity index (χ2n) is 5.73. The van der Waals surface area contributed by atoms with Crippen molar-refractivity contribution in [1.82, 2.24) is 10.2 Å². The van der Waals surface area contributed by atoms with Crippen LogP contribution in [0.15, 0.2) is 0 Å². The van der Waals surface area contributed by atoms with Crippen molar-refractivity contribution in [3.05, 3.63) is 0 Å². The fourth-order valence-corrected chi connectivity index (χ4v) is 2.24. The zero-order valence-electron chi connectivity index (χ0n) is 10.8. The van der Waals surface area contributed by atoms with Crippen LogP contribution in [-0.2, 0) is 0 Å². The van der Waals surface area contributed by atoms with Crippen molar-refractivity contribution in [3.63, 3.8) is 0 Å². The van der Waals surface area contributed by atoms with Gasteiger partial charge in [0, 0.05) is 25.2 Å². The lowest BCUT2D eigenvalue weighted by atomic mass is 9.84. The Balaban J connectivity index is 2.61. The Kier molecular flexibility index (Phi) is 4.68. The normalized spacial score (nSPS) is 28.7. The first kappa shape index (κ1) is 13.8. The highest BCUT2D eigenvalue weighted by Crippen LogP contribution is 2.24. The van der Waals surface area contributed by atoms with Crippen molar-refractivity contribution in [2.24, 2.45) is 5.41 Å². The maximum atomic E-state index is 12.5. The molecule has 0 aliphatic carbocycles. The molecule has 0 spiro atoms. The van der Waals surface area contributed by atoms with Crippen molar-refractivity contribution in [1.29, 1.82) is 0 Å². The molecule has 1 aliphatic rings. The standard InChI is InChI=1S/C12H24F2N2/c1-5-9-6-15-10(12(2,3)4)7-16(9)8-11(13)14/h9-11,15H,5-8H2,1-4H3. The van der Waals surface area contributed by atoms with E-state index in [0.717, 1.165) is 19.5 Å². The van der Waals surface area contributed by atoms with Crippen molar-refractivity contribution in [2.75, 3.05) is 19.6 Å². The van der Waals surface area contributed by atoms with Crippen LogP contribution in [0.3, 0.4) is 0 Å². The SMILES string of the molecule is CCC1CNC(C(C)(C)C)CN1CC(F)F. The average Bonchev–Trinajstić information content (AvgIpc) is 2.15. The van der Waals surface area contributed by atoms with Crippen LogP contribution in [-0.4, -0.2) is 43.0 Å². The fourth-order valence-electron chi connectivity index (χ4n) is 2.24. The van der Waals surface area contributed by atoms with Crippen LogP contribution in [0.1, 0.15) is 34.1 Å². The summed E-state index contributed by atoms with van der Waals surface area (Å²) in [5, 5.41) is 3.48. The fraction of sp³-hybridized carbons (Fsp3) is 1.00. The van der Waals surface area contributed by atoms with E-state index in [9.17, 15) is 8.78 Å². The van der Waals surface area contributed by atoms with E-state index in [1.807, 2.05) is 4.90 Å². The third-order valence-electron chi connectivity index (χ3n) is 3.42. The largest absolute Gasteiger partial charge is 0.311 e. The molecule has 16 heavy (non-hydrogen) atoms. The Bertz CT molecular complexity index is 214. The Labute approximate surface area is 97.4 Å².